The van der Waals surface area contributed by atoms with Crippen molar-refractivity contribution in [1.82, 2.24) is 0 Å². The largest absolute Gasteiger partial charge is 0.482 e. The zero-order valence-corrected chi connectivity index (χ0v) is 13.3. The molecule has 0 radical (unpaired) electrons. The van der Waals surface area contributed by atoms with E-state index in [4.69, 9.17) is 10.5 Å². The molecule has 1 amide bonds. The summed E-state index contributed by atoms with van der Waals surface area (Å²) in [5.74, 6) is 0.300. The van der Waals surface area contributed by atoms with Gasteiger partial charge in [-0.1, -0.05) is 35.0 Å². The fraction of sp³-hybridized carbons (Fsp3) is 0.188. The standard InChI is InChI=1S/C16H17BrN2O2/c1-2-11-9-12(17)7-8-14(11)19-16(20)10-21-15-6-4-3-5-13(15)18/h3-9H,2,10,18H2,1H3,(H,19,20). The van der Waals surface area contributed by atoms with Gasteiger partial charge in [0.15, 0.2) is 6.61 Å². The van der Waals surface area contributed by atoms with E-state index in [0.717, 1.165) is 22.1 Å². The zero-order chi connectivity index (χ0) is 15.2. The average Bonchev–Trinajstić information content (AvgIpc) is 2.48. The van der Waals surface area contributed by atoms with Crippen molar-refractivity contribution in [3.05, 3.63) is 52.5 Å². The topological polar surface area (TPSA) is 64.3 Å². The average molecular weight is 349 g/mol. The molecule has 0 heterocycles. The lowest BCUT2D eigenvalue weighted by atomic mass is 10.1. The maximum Gasteiger partial charge on any atom is 0.262 e. The molecular formula is C16H17BrN2O2. The van der Waals surface area contributed by atoms with Gasteiger partial charge < -0.3 is 15.8 Å². The van der Waals surface area contributed by atoms with E-state index in [1.165, 1.54) is 0 Å². The minimum absolute atomic E-state index is 0.0760. The SMILES string of the molecule is CCc1cc(Br)ccc1NC(=O)COc1ccccc1N. The molecule has 0 fully saturated rings. The number of amides is 1. The van der Waals surface area contributed by atoms with Crippen LogP contribution in [0.25, 0.3) is 0 Å². The first-order valence-electron chi connectivity index (χ1n) is 6.65. The molecule has 0 bridgehead atoms. The monoisotopic (exact) mass is 348 g/mol. The maximum absolute atomic E-state index is 12.0. The molecule has 2 rings (SSSR count). The predicted octanol–water partition coefficient (Wildman–Crippen LogP) is 3.61. The number of para-hydroxylation sites is 2. The molecule has 4 nitrogen and oxygen atoms in total. The van der Waals surface area contributed by atoms with Crippen LogP contribution >= 0.6 is 15.9 Å². The van der Waals surface area contributed by atoms with E-state index >= 15 is 0 Å². The number of halogens is 1. The van der Waals surface area contributed by atoms with Crippen LogP contribution in [-0.2, 0) is 11.2 Å². The van der Waals surface area contributed by atoms with E-state index in [2.05, 4.69) is 21.2 Å². The molecule has 0 saturated carbocycles. The lowest BCUT2D eigenvalue weighted by Crippen LogP contribution is -2.21. The number of nitrogens with one attached hydrogen (secondary N) is 1. The second kappa shape index (κ2) is 7.13. The van der Waals surface area contributed by atoms with Gasteiger partial charge >= 0.3 is 0 Å². The third kappa shape index (κ3) is 4.23. The van der Waals surface area contributed by atoms with Crippen molar-refractivity contribution in [3.8, 4) is 5.75 Å². The van der Waals surface area contributed by atoms with E-state index in [9.17, 15) is 4.79 Å². The van der Waals surface area contributed by atoms with Gasteiger partial charge in [-0.2, -0.15) is 0 Å². The molecule has 2 aromatic carbocycles. The number of carbonyl (C=O) groups is 1. The summed E-state index contributed by atoms with van der Waals surface area (Å²) in [7, 11) is 0. The van der Waals surface area contributed by atoms with Gasteiger partial charge in [0, 0.05) is 10.2 Å². The summed E-state index contributed by atoms with van der Waals surface area (Å²) >= 11 is 3.42. The van der Waals surface area contributed by atoms with Crippen LogP contribution in [0.1, 0.15) is 12.5 Å². The third-order valence-electron chi connectivity index (χ3n) is 3.00. The minimum Gasteiger partial charge on any atom is -0.482 e. The van der Waals surface area contributed by atoms with Crippen LogP contribution in [0.15, 0.2) is 46.9 Å². The normalized spacial score (nSPS) is 10.2. The summed E-state index contributed by atoms with van der Waals surface area (Å²) in [6.07, 6.45) is 0.835. The molecule has 21 heavy (non-hydrogen) atoms. The number of nitrogen functional groups attached to an aromatic ring is 1. The van der Waals surface area contributed by atoms with Crippen molar-refractivity contribution in [2.45, 2.75) is 13.3 Å². The Hall–Kier alpha value is -2.01. The zero-order valence-electron chi connectivity index (χ0n) is 11.7. The molecule has 0 aliphatic carbocycles. The van der Waals surface area contributed by atoms with Crippen LogP contribution in [-0.4, -0.2) is 12.5 Å². The van der Waals surface area contributed by atoms with Gasteiger partial charge in [0.1, 0.15) is 5.75 Å². The minimum atomic E-state index is -0.213. The van der Waals surface area contributed by atoms with Crippen LogP contribution in [0, 0.1) is 0 Å². The molecule has 5 heteroatoms. The van der Waals surface area contributed by atoms with Crippen molar-refractivity contribution in [2.75, 3.05) is 17.7 Å². The summed E-state index contributed by atoms with van der Waals surface area (Å²) in [6.45, 7) is 1.96. The molecule has 0 saturated heterocycles. The first-order chi connectivity index (χ1) is 10.1. The van der Waals surface area contributed by atoms with Crippen LogP contribution < -0.4 is 15.8 Å². The molecule has 0 unspecified atom stereocenters. The Morgan fingerprint density at radius 3 is 2.76 bits per heavy atom. The van der Waals surface area contributed by atoms with E-state index in [-0.39, 0.29) is 12.5 Å². The third-order valence-corrected chi connectivity index (χ3v) is 3.49. The van der Waals surface area contributed by atoms with Gasteiger partial charge in [-0.15, -0.1) is 0 Å². The molecule has 2 aromatic rings. The Bertz CT molecular complexity index is 644. The summed E-state index contributed by atoms with van der Waals surface area (Å²) in [6, 6.07) is 12.9. The number of rotatable bonds is 5. The summed E-state index contributed by atoms with van der Waals surface area (Å²) < 4.78 is 6.41. The Labute approximate surface area is 132 Å². The second-order valence-corrected chi connectivity index (χ2v) is 5.45. The lowest BCUT2D eigenvalue weighted by molar-refractivity contribution is -0.118. The van der Waals surface area contributed by atoms with E-state index in [0.29, 0.717) is 11.4 Å². The smallest absolute Gasteiger partial charge is 0.262 e. The van der Waals surface area contributed by atoms with Gasteiger partial charge in [-0.25, -0.2) is 0 Å². The highest BCUT2D eigenvalue weighted by Crippen LogP contribution is 2.22. The maximum atomic E-state index is 12.0. The van der Waals surface area contributed by atoms with E-state index in [1.54, 1.807) is 12.1 Å². The van der Waals surface area contributed by atoms with Crippen LogP contribution in [0.2, 0.25) is 0 Å². The van der Waals surface area contributed by atoms with Gasteiger partial charge in [0.05, 0.1) is 5.69 Å². The van der Waals surface area contributed by atoms with Gasteiger partial charge in [0.2, 0.25) is 0 Å². The van der Waals surface area contributed by atoms with Crippen molar-refractivity contribution in [2.24, 2.45) is 0 Å². The summed E-state index contributed by atoms with van der Waals surface area (Å²) in [5.41, 5.74) is 8.14. The molecular weight excluding hydrogens is 332 g/mol. The number of hydrogen-bond donors (Lipinski definition) is 2. The predicted molar refractivity (Wildman–Crippen MR) is 88.5 cm³/mol. The molecule has 3 N–H and O–H groups in total. The molecule has 0 aliphatic heterocycles. The summed E-state index contributed by atoms with van der Waals surface area (Å²) in [5, 5.41) is 2.85. The lowest BCUT2D eigenvalue weighted by Gasteiger charge is -2.12. The van der Waals surface area contributed by atoms with Crippen molar-refractivity contribution in [1.29, 1.82) is 0 Å². The Balaban J connectivity index is 1.98. The second-order valence-electron chi connectivity index (χ2n) is 4.53. The van der Waals surface area contributed by atoms with Gasteiger partial charge in [0.25, 0.3) is 5.91 Å². The number of anilines is 2. The summed E-state index contributed by atoms with van der Waals surface area (Å²) in [4.78, 5) is 12.0. The first-order valence-corrected chi connectivity index (χ1v) is 7.45. The highest BCUT2D eigenvalue weighted by Gasteiger charge is 2.08. The van der Waals surface area contributed by atoms with Crippen LogP contribution in [0.3, 0.4) is 0 Å². The van der Waals surface area contributed by atoms with Gasteiger partial charge in [-0.3, -0.25) is 4.79 Å². The Kier molecular flexibility index (Phi) is 5.22. The quantitative estimate of drug-likeness (QED) is 0.811. The highest BCUT2D eigenvalue weighted by atomic mass is 79.9. The van der Waals surface area contributed by atoms with E-state index < -0.39 is 0 Å². The molecule has 0 aromatic heterocycles. The van der Waals surface area contributed by atoms with Gasteiger partial charge in [-0.05, 0) is 42.3 Å². The number of nitrogens with two attached hydrogens (primary N) is 1. The molecule has 110 valence electrons. The van der Waals surface area contributed by atoms with E-state index in [1.807, 2.05) is 37.3 Å². The number of aryl methyl sites for hydroxylation is 1. The molecule has 0 aliphatic rings. The van der Waals surface area contributed by atoms with Crippen molar-refractivity contribution in [3.63, 3.8) is 0 Å². The molecule has 0 spiro atoms. The number of ether oxygens (including phenoxy) is 1. The number of hydrogen-bond acceptors (Lipinski definition) is 3. The fourth-order valence-corrected chi connectivity index (χ4v) is 2.33. The number of carbonyl (C=O) groups excluding carboxylic acids is 1. The van der Waals surface area contributed by atoms with Crippen molar-refractivity contribution < 1.29 is 9.53 Å². The fourth-order valence-electron chi connectivity index (χ4n) is 1.92. The number of benzene rings is 2. The van der Waals surface area contributed by atoms with Crippen molar-refractivity contribution >= 4 is 33.2 Å². The van der Waals surface area contributed by atoms with Crippen LogP contribution in [0.4, 0.5) is 11.4 Å². The van der Waals surface area contributed by atoms with Crippen LogP contribution in [0.5, 0.6) is 5.75 Å². The Morgan fingerprint density at radius 1 is 1.29 bits per heavy atom. The first kappa shape index (κ1) is 15.4. The highest BCUT2D eigenvalue weighted by molar-refractivity contribution is 9.10. The molecule has 0 atom stereocenters. The Morgan fingerprint density at radius 2 is 2.05 bits per heavy atom.